The Morgan fingerprint density at radius 1 is 1.46 bits per heavy atom. The molecule has 0 N–H and O–H groups in total. The summed E-state index contributed by atoms with van der Waals surface area (Å²) >= 11 is 0. The van der Waals surface area contributed by atoms with E-state index in [9.17, 15) is 9.59 Å². The summed E-state index contributed by atoms with van der Waals surface area (Å²) in [6, 6.07) is 0. The van der Waals surface area contributed by atoms with Crippen LogP contribution in [0.15, 0.2) is 0 Å². The number of ether oxygens (including phenoxy) is 2. The lowest BCUT2D eigenvalue weighted by atomic mass is 9.77. The van der Waals surface area contributed by atoms with Gasteiger partial charge in [-0.1, -0.05) is 6.42 Å². The Balaban J connectivity index is 2.35. The standard InChI is InChI=1S/C9H12O4/c1-12-9-5-3-2-4-6(9)7(10)13-8(9)11/h6H,2-5H2,1H3. The lowest BCUT2D eigenvalue weighted by molar-refractivity contribution is -0.161. The van der Waals surface area contributed by atoms with Gasteiger partial charge in [-0.2, -0.15) is 0 Å². The molecule has 1 saturated carbocycles. The Morgan fingerprint density at radius 2 is 2.23 bits per heavy atom. The van der Waals surface area contributed by atoms with Crippen LogP contribution in [0.4, 0.5) is 0 Å². The summed E-state index contributed by atoms with van der Waals surface area (Å²) in [6.07, 6.45) is 3.21. The highest BCUT2D eigenvalue weighted by molar-refractivity contribution is 6.01. The van der Waals surface area contributed by atoms with E-state index in [2.05, 4.69) is 4.74 Å². The van der Waals surface area contributed by atoms with E-state index in [0.717, 1.165) is 12.8 Å². The van der Waals surface area contributed by atoms with Gasteiger partial charge in [0.05, 0.1) is 5.92 Å². The van der Waals surface area contributed by atoms with Gasteiger partial charge in [-0.05, 0) is 19.3 Å². The molecule has 1 aliphatic carbocycles. The first-order valence-electron chi connectivity index (χ1n) is 4.52. The third-order valence-electron chi connectivity index (χ3n) is 3.04. The first-order valence-corrected chi connectivity index (χ1v) is 4.52. The van der Waals surface area contributed by atoms with Crippen molar-refractivity contribution in [3.8, 4) is 0 Å². The molecule has 0 bridgehead atoms. The maximum Gasteiger partial charge on any atom is 0.346 e. The maximum absolute atomic E-state index is 11.4. The zero-order valence-corrected chi connectivity index (χ0v) is 7.54. The van der Waals surface area contributed by atoms with Crippen LogP contribution in [0.2, 0.25) is 0 Å². The Kier molecular flexibility index (Phi) is 1.87. The van der Waals surface area contributed by atoms with Crippen molar-refractivity contribution in [2.45, 2.75) is 31.3 Å². The van der Waals surface area contributed by atoms with Crippen molar-refractivity contribution in [2.75, 3.05) is 7.11 Å². The Hall–Kier alpha value is -0.900. The molecule has 13 heavy (non-hydrogen) atoms. The molecule has 4 nitrogen and oxygen atoms in total. The number of cyclic esters (lactones) is 2. The summed E-state index contributed by atoms with van der Waals surface area (Å²) in [5, 5.41) is 0. The molecule has 0 aromatic carbocycles. The van der Waals surface area contributed by atoms with E-state index >= 15 is 0 Å². The number of hydrogen-bond donors (Lipinski definition) is 0. The molecule has 1 aliphatic heterocycles. The summed E-state index contributed by atoms with van der Waals surface area (Å²) in [5.74, 6) is -1.27. The van der Waals surface area contributed by atoms with Crippen molar-refractivity contribution in [2.24, 2.45) is 5.92 Å². The topological polar surface area (TPSA) is 52.6 Å². The number of esters is 2. The van der Waals surface area contributed by atoms with Gasteiger partial charge in [-0.15, -0.1) is 0 Å². The van der Waals surface area contributed by atoms with Gasteiger partial charge in [0.1, 0.15) is 0 Å². The quantitative estimate of drug-likeness (QED) is 0.443. The van der Waals surface area contributed by atoms with Crippen LogP contribution in [0.3, 0.4) is 0 Å². The van der Waals surface area contributed by atoms with Crippen LogP contribution < -0.4 is 0 Å². The second-order valence-corrected chi connectivity index (χ2v) is 3.60. The van der Waals surface area contributed by atoms with Gasteiger partial charge >= 0.3 is 11.9 Å². The summed E-state index contributed by atoms with van der Waals surface area (Å²) in [4.78, 5) is 22.7. The predicted molar refractivity (Wildman–Crippen MR) is 42.8 cm³/mol. The molecular formula is C9H12O4. The fourth-order valence-corrected chi connectivity index (χ4v) is 2.27. The number of methoxy groups -OCH3 is 1. The molecule has 72 valence electrons. The fourth-order valence-electron chi connectivity index (χ4n) is 2.27. The number of carbonyl (C=O) groups excluding carboxylic acids is 2. The highest BCUT2D eigenvalue weighted by Crippen LogP contribution is 2.42. The van der Waals surface area contributed by atoms with Gasteiger partial charge in [0.2, 0.25) is 0 Å². The molecule has 0 spiro atoms. The van der Waals surface area contributed by atoms with E-state index < -0.39 is 17.5 Å². The second kappa shape index (κ2) is 2.80. The third-order valence-corrected chi connectivity index (χ3v) is 3.04. The van der Waals surface area contributed by atoms with Gasteiger partial charge in [0, 0.05) is 7.11 Å². The van der Waals surface area contributed by atoms with E-state index in [4.69, 9.17) is 4.74 Å². The van der Waals surface area contributed by atoms with Crippen LogP contribution in [0.25, 0.3) is 0 Å². The van der Waals surface area contributed by atoms with Crippen molar-refractivity contribution >= 4 is 11.9 Å². The SMILES string of the molecule is COC12CCCCC1C(=O)OC2=O. The Morgan fingerprint density at radius 3 is 2.85 bits per heavy atom. The minimum atomic E-state index is -0.949. The van der Waals surface area contributed by atoms with Crippen molar-refractivity contribution in [3.63, 3.8) is 0 Å². The molecule has 2 atom stereocenters. The summed E-state index contributed by atoms with van der Waals surface area (Å²) in [5.41, 5.74) is -0.949. The van der Waals surface area contributed by atoms with Crippen LogP contribution in [0, 0.1) is 5.92 Å². The van der Waals surface area contributed by atoms with Crippen LogP contribution in [0.1, 0.15) is 25.7 Å². The first-order chi connectivity index (χ1) is 6.20. The van der Waals surface area contributed by atoms with Gasteiger partial charge in [0.25, 0.3) is 0 Å². The van der Waals surface area contributed by atoms with Crippen LogP contribution >= 0.6 is 0 Å². The second-order valence-electron chi connectivity index (χ2n) is 3.60. The van der Waals surface area contributed by atoms with Crippen molar-refractivity contribution in [1.82, 2.24) is 0 Å². The smallest absolute Gasteiger partial charge is 0.346 e. The fraction of sp³-hybridized carbons (Fsp3) is 0.778. The first kappa shape index (κ1) is 8.69. The predicted octanol–water partition coefficient (Wildman–Crippen LogP) is 0.645. The monoisotopic (exact) mass is 184 g/mol. The minimum absolute atomic E-state index is 0.362. The number of hydrogen-bond acceptors (Lipinski definition) is 4. The largest absolute Gasteiger partial charge is 0.391 e. The van der Waals surface area contributed by atoms with Crippen LogP contribution in [-0.2, 0) is 19.1 Å². The van der Waals surface area contributed by atoms with Crippen LogP contribution in [-0.4, -0.2) is 24.6 Å². The normalized spacial score (nSPS) is 38.7. The Bertz CT molecular complexity index is 260. The zero-order chi connectivity index (χ0) is 9.47. The van der Waals surface area contributed by atoms with E-state index in [0.29, 0.717) is 12.8 Å². The lowest BCUT2D eigenvalue weighted by Crippen LogP contribution is -2.45. The van der Waals surface area contributed by atoms with E-state index in [1.165, 1.54) is 7.11 Å². The highest BCUT2D eigenvalue weighted by atomic mass is 16.6. The highest BCUT2D eigenvalue weighted by Gasteiger charge is 2.59. The molecule has 1 saturated heterocycles. The van der Waals surface area contributed by atoms with Crippen molar-refractivity contribution in [3.05, 3.63) is 0 Å². The average molecular weight is 184 g/mol. The zero-order valence-electron chi connectivity index (χ0n) is 7.54. The molecule has 4 heteroatoms. The van der Waals surface area contributed by atoms with E-state index in [1.807, 2.05) is 0 Å². The minimum Gasteiger partial charge on any atom is -0.391 e. The maximum atomic E-state index is 11.4. The van der Waals surface area contributed by atoms with Gasteiger partial charge in [0.15, 0.2) is 5.60 Å². The lowest BCUT2D eigenvalue weighted by Gasteiger charge is -2.31. The summed E-state index contributed by atoms with van der Waals surface area (Å²) in [7, 11) is 1.47. The van der Waals surface area contributed by atoms with Crippen molar-refractivity contribution in [1.29, 1.82) is 0 Å². The molecular weight excluding hydrogens is 172 g/mol. The molecule has 2 fully saturated rings. The van der Waals surface area contributed by atoms with Gasteiger partial charge < -0.3 is 9.47 Å². The van der Waals surface area contributed by atoms with E-state index in [1.54, 1.807) is 0 Å². The molecule has 2 aliphatic rings. The molecule has 0 aromatic heterocycles. The molecule has 0 amide bonds. The van der Waals surface area contributed by atoms with Gasteiger partial charge in [-0.3, -0.25) is 4.79 Å². The van der Waals surface area contributed by atoms with Crippen LogP contribution in [0.5, 0.6) is 0 Å². The molecule has 2 rings (SSSR count). The number of rotatable bonds is 1. The molecule has 0 radical (unpaired) electrons. The van der Waals surface area contributed by atoms with E-state index in [-0.39, 0.29) is 5.92 Å². The Labute approximate surface area is 76.2 Å². The summed E-state index contributed by atoms with van der Waals surface area (Å²) < 4.78 is 9.79. The van der Waals surface area contributed by atoms with Crippen molar-refractivity contribution < 1.29 is 19.1 Å². The summed E-state index contributed by atoms with van der Waals surface area (Å²) in [6.45, 7) is 0. The number of fused-ring (bicyclic) bond motifs is 1. The van der Waals surface area contributed by atoms with Gasteiger partial charge in [-0.25, -0.2) is 4.79 Å². The number of carbonyl (C=O) groups is 2. The molecule has 1 heterocycles. The average Bonchev–Trinajstić information content (AvgIpc) is 2.41. The third kappa shape index (κ3) is 1.01. The molecule has 0 aromatic rings. The molecule has 2 unspecified atom stereocenters.